The lowest BCUT2D eigenvalue weighted by Gasteiger charge is -2.32. The number of aromatic nitrogens is 1. The quantitative estimate of drug-likeness (QED) is 0.404. The molecule has 2 heterocycles. The van der Waals surface area contributed by atoms with Gasteiger partial charge < -0.3 is 5.11 Å². The first-order valence-electron chi connectivity index (χ1n) is 10.4. The zero-order chi connectivity index (χ0) is 26.5. The first kappa shape index (κ1) is 25.5. The van der Waals surface area contributed by atoms with E-state index in [4.69, 9.17) is 0 Å². The molecule has 4 rings (SSSR count). The normalized spacial score (nSPS) is 16.9. The van der Waals surface area contributed by atoms with Crippen LogP contribution >= 0.6 is 0 Å². The number of nitrogens with zero attached hydrogens (tertiary/aromatic N) is 3. The van der Waals surface area contributed by atoms with E-state index in [0.717, 1.165) is 17.8 Å². The van der Waals surface area contributed by atoms with Crippen molar-refractivity contribution in [1.82, 2.24) is 4.98 Å². The van der Waals surface area contributed by atoms with Crippen LogP contribution in [-0.4, -0.2) is 33.8 Å². The van der Waals surface area contributed by atoms with Crippen molar-refractivity contribution < 1.29 is 40.2 Å². The molecule has 0 fully saturated rings. The summed E-state index contributed by atoms with van der Waals surface area (Å²) in [5, 5.41) is 13.9. The fourth-order valence-electron chi connectivity index (χ4n) is 3.95. The summed E-state index contributed by atoms with van der Waals surface area (Å²) >= 11 is 0. The van der Waals surface area contributed by atoms with E-state index >= 15 is 0 Å². The van der Waals surface area contributed by atoms with Gasteiger partial charge >= 0.3 is 12.4 Å². The van der Waals surface area contributed by atoms with Gasteiger partial charge in [0.15, 0.2) is 5.82 Å². The fraction of sp³-hybridized carbons (Fsp3) is 0.250. The predicted molar refractivity (Wildman–Crippen MR) is 115 cm³/mol. The highest BCUT2D eigenvalue weighted by Crippen LogP contribution is 2.49. The SMILES string of the molecule is Cc1cccc(-c2ccc(C3CC(C(O)(C(F)(F)F)C(F)(F)F)=NN3c3ccc(F)cc3F)cc2)n1. The zero-order valence-corrected chi connectivity index (χ0v) is 18.4. The summed E-state index contributed by atoms with van der Waals surface area (Å²) in [6.07, 6.45) is -13.4. The minimum absolute atomic E-state index is 0.181. The molecule has 0 radical (unpaired) electrons. The van der Waals surface area contributed by atoms with Crippen LogP contribution in [0.4, 0.5) is 40.8 Å². The van der Waals surface area contributed by atoms with E-state index in [1.807, 2.05) is 0 Å². The lowest BCUT2D eigenvalue weighted by molar-refractivity contribution is -0.338. The Morgan fingerprint density at radius 3 is 2.08 bits per heavy atom. The third-order valence-electron chi connectivity index (χ3n) is 5.78. The van der Waals surface area contributed by atoms with E-state index in [9.17, 15) is 40.2 Å². The van der Waals surface area contributed by atoms with Gasteiger partial charge in [0, 0.05) is 23.7 Å². The first-order valence-corrected chi connectivity index (χ1v) is 10.4. The Morgan fingerprint density at radius 2 is 1.53 bits per heavy atom. The molecule has 0 bridgehead atoms. The molecule has 0 saturated heterocycles. The minimum atomic E-state index is -6.16. The van der Waals surface area contributed by atoms with Gasteiger partial charge in [-0.2, -0.15) is 31.4 Å². The summed E-state index contributed by atoms with van der Waals surface area (Å²) in [5.74, 6) is -2.26. The molecule has 1 aromatic heterocycles. The molecule has 1 atom stereocenters. The van der Waals surface area contributed by atoms with Crippen LogP contribution in [0.25, 0.3) is 11.3 Å². The van der Waals surface area contributed by atoms with Crippen LogP contribution < -0.4 is 5.01 Å². The first-order chi connectivity index (χ1) is 16.7. The Labute approximate surface area is 199 Å². The third-order valence-corrected chi connectivity index (χ3v) is 5.78. The number of aryl methyl sites for hydroxylation is 1. The van der Waals surface area contributed by atoms with Crippen molar-refractivity contribution in [2.75, 3.05) is 5.01 Å². The average molecular weight is 515 g/mol. The van der Waals surface area contributed by atoms with Gasteiger partial charge in [0.25, 0.3) is 5.60 Å². The van der Waals surface area contributed by atoms with Crippen LogP contribution in [0.2, 0.25) is 0 Å². The van der Waals surface area contributed by atoms with Crippen LogP contribution in [0.15, 0.2) is 65.8 Å². The molecule has 1 N–H and O–H groups in total. The summed E-state index contributed by atoms with van der Waals surface area (Å²) < 4.78 is 109. The van der Waals surface area contributed by atoms with Crippen molar-refractivity contribution in [3.05, 3.63) is 83.6 Å². The number of pyridine rings is 1. The highest BCUT2D eigenvalue weighted by Gasteiger charge is 2.74. The highest BCUT2D eigenvalue weighted by atomic mass is 19.4. The fourth-order valence-corrected chi connectivity index (χ4v) is 3.95. The van der Waals surface area contributed by atoms with Crippen molar-refractivity contribution in [2.45, 2.75) is 37.3 Å². The third kappa shape index (κ3) is 4.41. The van der Waals surface area contributed by atoms with Gasteiger partial charge in [0.05, 0.1) is 23.1 Å². The second-order valence-electron chi connectivity index (χ2n) is 8.20. The van der Waals surface area contributed by atoms with E-state index in [0.29, 0.717) is 22.3 Å². The van der Waals surface area contributed by atoms with Crippen LogP contribution in [-0.2, 0) is 0 Å². The van der Waals surface area contributed by atoms with Crippen molar-refractivity contribution in [2.24, 2.45) is 5.10 Å². The van der Waals surface area contributed by atoms with Crippen LogP contribution in [0.3, 0.4) is 0 Å². The molecule has 1 aliphatic rings. The van der Waals surface area contributed by atoms with Gasteiger partial charge in [0.1, 0.15) is 5.82 Å². The van der Waals surface area contributed by atoms with E-state index < -0.39 is 53.4 Å². The Balaban J connectivity index is 1.80. The Bertz CT molecular complexity index is 1290. The smallest absolute Gasteiger partial charge is 0.369 e. The van der Waals surface area contributed by atoms with Crippen molar-refractivity contribution in [1.29, 1.82) is 0 Å². The number of hydrogen-bond donors (Lipinski definition) is 1. The van der Waals surface area contributed by atoms with E-state index in [1.165, 1.54) is 12.1 Å². The maximum atomic E-state index is 14.5. The molecule has 2 aromatic carbocycles. The van der Waals surface area contributed by atoms with Gasteiger partial charge in [0.2, 0.25) is 0 Å². The van der Waals surface area contributed by atoms with Gasteiger partial charge in [-0.1, -0.05) is 30.3 Å². The summed E-state index contributed by atoms with van der Waals surface area (Å²) in [6.45, 7) is 1.77. The molecule has 190 valence electrons. The molecule has 36 heavy (non-hydrogen) atoms. The lowest BCUT2D eigenvalue weighted by Crippen LogP contribution is -2.62. The maximum Gasteiger partial charge on any atom is 0.431 e. The largest absolute Gasteiger partial charge is 0.431 e. The van der Waals surface area contributed by atoms with Gasteiger partial charge in [-0.3, -0.25) is 9.99 Å². The Morgan fingerprint density at radius 1 is 0.889 bits per heavy atom. The van der Waals surface area contributed by atoms with Crippen LogP contribution in [0.5, 0.6) is 0 Å². The molecular weight excluding hydrogens is 498 g/mol. The number of alkyl halides is 6. The standard InChI is InChI=1S/C24H17F8N3O/c1-13-3-2-4-18(33-13)14-5-7-15(8-6-14)20-12-21(22(36,23(27,28)29)24(30,31)32)34-35(20)19-10-9-16(25)11-17(19)26/h2-11,20,36H,12H2,1H3. The topological polar surface area (TPSA) is 48.7 Å². The number of benzene rings is 2. The summed E-state index contributed by atoms with van der Waals surface area (Å²) in [4.78, 5) is 4.35. The predicted octanol–water partition coefficient (Wildman–Crippen LogP) is 6.50. The molecule has 0 amide bonds. The van der Waals surface area contributed by atoms with Crippen molar-refractivity contribution >= 4 is 11.4 Å². The summed E-state index contributed by atoms with van der Waals surface area (Å²) in [6, 6.07) is 11.9. The lowest BCUT2D eigenvalue weighted by atomic mass is 9.89. The molecule has 0 spiro atoms. The zero-order valence-electron chi connectivity index (χ0n) is 18.4. The number of rotatable bonds is 4. The molecule has 0 aliphatic carbocycles. The summed E-state index contributed by atoms with van der Waals surface area (Å²) in [5.41, 5.74) is -5.40. The van der Waals surface area contributed by atoms with E-state index in [2.05, 4.69) is 10.1 Å². The molecule has 0 saturated carbocycles. The van der Waals surface area contributed by atoms with E-state index in [-0.39, 0.29) is 5.56 Å². The second-order valence-corrected chi connectivity index (χ2v) is 8.20. The molecule has 3 aromatic rings. The molecule has 12 heteroatoms. The Hall–Kier alpha value is -3.54. The minimum Gasteiger partial charge on any atom is -0.369 e. The van der Waals surface area contributed by atoms with Crippen LogP contribution in [0.1, 0.15) is 23.7 Å². The monoisotopic (exact) mass is 515 g/mol. The van der Waals surface area contributed by atoms with Gasteiger partial charge in [-0.05, 0) is 36.8 Å². The van der Waals surface area contributed by atoms with E-state index in [1.54, 1.807) is 37.3 Å². The Kier molecular flexibility index (Phi) is 6.27. The maximum absolute atomic E-state index is 14.5. The number of hydrazone groups is 1. The number of anilines is 1. The molecule has 1 unspecified atom stereocenters. The van der Waals surface area contributed by atoms with Gasteiger partial charge in [-0.25, -0.2) is 8.78 Å². The molecular formula is C24H17F8N3O. The number of aliphatic hydroxyl groups is 1. The number of hydrogen-bond acceptors (Lipinski definition) is 4. The summed E-state index contributed by atoms with van der Waals surface area (Å²) in [7, 11) is 0. The van der Waals surface area contributed by atoms with Gasteiger partial charge in [-0.15, -0.1) is 0 Å². The second kappa shape index (κ2) is 8.84. The number of halogens is 8. The average Bonchev–Trinajstić information content (AvgIpc) is 3.22. The van der Waals surface area contributed by atoms with Crippen LogP contribution in [0, 0.1) is 18.6 Å². The highest BCUT2D eigenvalue weighted by molar-refractivity contribution is 5.97. The van der Waals surface area contributed by atoms with Crippen molar-refractivity contribution in [3.63, 3.8) is 0 Å². The molecule has 4 nitrogen and oxygen atoms in total. The van der Waals surface area contributed by atoms with Crippen molar-refractivity contribution in [3.8, 4) is 11.3 Å². The molecule has 1 aliphatic heterocycles.